The van der Waals surface area contributed by atoms with Crippen molar-refractivity contribution in [2.45, 2.75) is 38.1 Å². The molecular formula is C19H28N4O2. The van der Waals surface area contributed by atoms with Crippen LogP contribution in [0.25, 0.3) is 0 Å². The van der Waals surface area contributed by atoms with Crippen LogP contribution in [-0.4, -0.2) is 70.6 Å². The van der Waals surface area contributed by atoms with Crippen LogP contribution in [0.1, 0.15) is 43.1 Å². The van der Waals surface area contributed by atoms with Gasteiger partial charge < -0.3 is 9.64 Å². The smallest absolute Gasteiger partial charge is 0.274 e. The average Bonchev–Trinajstić information content (AvgIpc) is 3.43. The molecule has 1 aliphatic carbocycles. The molecule has 1 amide bonds. The Morgan fingerprint density at radius 2 is 2.12 bits per heavy atom. The summed E-state index contributed by atoms with van der Waals surface area (Å²) in [5, 5.41) is 0. The second-order valence-electron chi connectivity index (χ2n) is 7.88. The van der Waals surface area contributed by atoms with Crippen LogP contribution in [0.3, 0.4) is 0 Å². The minimum Gasteiger partial charge on any atom is -0.381 e. The summed E-state index contributed by atoms with van der Waals surface area (Å²) in [6.07, 6.45) is 9.85. The number of carbonyl (C=O) groups is 1. The summed E-state index contributed by atoms with van der Waals surface area (Å²) < 4.78 is 5.69. The van der Waals surface area contributed by atoms with Crippen LogP contribution in [0.2, 0.25) is 0 Å². The molecule has 0 aromatic carbocycles. The number of piperidine rings is 1. The first-order chi connectivity index (χ1) is 12.2. The number of hydrogen-bond acceptors (Lipinski definition) is 5. The maximum atomic E-state index is 12.6. The van der Waals surface area contributed by atoms with Crippen LogP contribution in [0, 0.1) is 11.8 Å². The Morgan fingerprint density at radius 1 is 1.28 bits per heavy atom. The van der Waals surface area contributed by atoms with Crippen LogP contribution >= 0.6 is 0 Å². The van der Waals surface area contributed by atoms with Gasteiger partial charge in [-0.25, -0.2) is 4.98 Å². The maximum absolute atomic E-state index is 12.6. The van der Waals surface area contributed by atoms with Gasteiger partial charge in [0.15, 0.2) is 0 Å². The lowest BCUT2D eigenvalue weighted by Crippen LogP contribution is -2.73. The summed E-state index contributed by atoms with van der Waals surface area (Å²) in [4.78, 5) is 25.4. The Morgan fingerprint density at radius 3 is 2.80 bits per heavy atom. The van der Waals surface area contributed by atoms with Gasteiger partial charge in [0.05, 0.1) is 11.7 Å². The minimum atomic E-state index is 0.0111. The first-order valence-electron chi connectivity index (χ1n) is 9.58. The van der Waals surface area contributed by atoms with Gasteiger partial charge in [-0.3, -0.25) is 14.7 Å². The lowest BCUT2D eigenvalue weighted by Gasteiger charge is -2.59. The van der Waals surface area contributed by atoms with Gasteiger partial charge in [0.2, 0.25) is 0 Å². The predicted octanol–water partition coefficient (Wildman–Crippen LogP) is 1.83. The zero-order valence-corrected chi connectivity index (χ0v) is 15.1. The second-order valence-corrected chi connectivity index (χ2v) is 7.88. The van der Waals surface area contributed by atoms with Crippen LogP contribution in [0.5, 0.6) is 0 Å². The number of carbonyl (C=O) groups excluding carboxylic acids is 1. The van der Waals surface area contributed by atoms with Crippen LogP contribution in [0.4, 0.5) is 0 Å². The van der Waals surface area contributed by atoms with Gasteiger partial charge in [0.25, 0.3) is 5.91 Å². The van der Waals surface area contributed by atoms with Gasteiger partial charge in [0, 0.05) is 45.2 Å². The molecule has 1 saturated carbocycles. The number of aromatic nitrogens is 2. The molecule has 3 heterocycles. The molecular weight excluding hydrogens is 316 g/mol. The zero-order valence-electron chi connectivity index (χ0n) is 15.1. The topological polar surface area (TPSA) is 58.6 Å². The highest BCUT2D eigenvalue weighted by molar-refractivity contribution is 5.92. The Labute approximate surface area is 149 Å². The summed E-state index contributed by atoms with van der Waals surface area (Å²) in [5.41, 5.74) is 0.605. The van der Waals surface area contributed by atoms with E-state index < -0.39 is 0 Å². The van der Waals surface area contributed by atoms with Crippen molar-refractivity contribution in [3.63, 3.8) is 0 Å². The Kier molecular flexibility index (Phi) is 4.73. The Bertz CT molecular complexity index is 599. The predicted molar refractivity (Wildman–Crippen MR) is 94.2 cm³/mol. The van der Waals surface area contributed by atoms with Crippen LogP contribution < -0.4 is 0 Å². The molecule has 25 heavy (non-hydrogen) atoms. The molecule has 0 N–H and O–H groups in total. The Balaban J connectivity index is 1.42. The number of amides is 1. The zero-order chi connectivity index (χ0) is 17.3. The molecule has 2 saturated heterocycles. The number of nitrogens with zero attached hydrogens (tertiary/aromatic N) is 4. The third kappa shape index (κ3) is 3.55. The van der Waals surface area contributed by atoms with Crippen molar-refractivity contribution in [1.29, 1.82) is 0 Å². The molecule has 136 valence electrons. The summed E-state index contributed by atoms with van der Waals surface area (Å²) in [7, 11) is 0. The summed E-state index contributed by atoms with van der Waals surface area (Å²) in [6.45, 7) is 7.67. The molecule has 0 radical (unpaired) electrons. The van der Waals surface area contributed by atoms with E-state index in [9.17, 15) is 4.79 Å². The lowest BCUT2D eigenvalue weighted by atomic mass is 9.74. The molecule has 1 unspecified atom stereocenters. The summed E-state index contributed by atoms with van der Waals surface area (Å²) >= 11 is 0. The Hall–Kier alpha value is -1.53. The molecule has 1 aromatic heterocycles. The largest absolute Gasteiger partial charge is 0.381 e. The van der Waals surface area contributed by atoms with Gasteiger partial charge in [-0.1, -0.05) is 0 Å². The molecule has 6 nitrogen and oxygen atoms in total. The van der Waals surface area contributed by atoms with E-state index in [4.69, 9.17) is 4.74 Å². The lowest BCUT2D eigenvalue weighted by molar-refractivity contribution is -0.0888. The number of ether oxygens (including phenoxy) is 1. The van der Waals surface area contributed by atoms with Gasteiger partial charge in [-0.05, 0) is 51.0 Å². The van der Waals surface area contributed by atoms with Crippen molar-refractivity contribution >= 4 is 5.91 Å². The van der Waals surface area contributed by atoms with E-state index in [1.165, 1.54) is 25.8 Å². The summed E-state index contributed by atoms with van der Waals surface area (Å²) in [5.74, 6) is 1.51. The third-order valence-electron chi connectivity index (χ3n) is 5.92. The van der Waals surface area contributed by atoms with E-state index >= 15 is 0 Å². The van der Waals surface area contributed by atoms with Gasteiger partial charge in [-0.15, -0.1) is 0 Å². The first kappa shape index (κ1) is 16.9. The van der Waals surface area contributed by atoms with Crippen molar-refractivity contribution in [3.8, 4) is 0 Å². The molecule has 1 spiro atoms. The second kappa shape index (κ2) is 7.00. The monoisotopic (exact) mass is 344 g/mol. The number of likely N-dealkylation sites (tertiary alicyclic amines) is 2. The minimum absolute atomic E-state index is 0.0111. The fourth-order valence-electron chi connectivity index (χ4n) is 4.38. The van der Waals surface area contributed by atoms with Crippen molar-refractivity contribution in [1.82, 2.24) is 19.8 Å². The molecule has 1 atom stereocenters. The van der Waals surface area contributed by atoms with E-state index in [-0.39, 0.29) is 11.4 Å². The molecule has 3 fully saturated rings. The quantitative estimate of drug-likeness (QED) is 0.788. The highest BCUT2D eigenvalue weighted by Crippen LogP contribution is 2.42. The standard InChI is InChI=1S/C19H28N4O2/c1-2-25-12-16-5-8-23(11-15-3-4-15)19(9-16)13-22(14-19)18(24)17-10-20-6-7-21-17/h6-7,10,15-16H,2-5,8-9,11-14H2,1H3. The molecule has 6 heteroatoms. The van der Waals surface area contributed by atoms with Gasteiger partial charge in [-0.2, -0.15) is 0 Å². The first-order valence-corrected chi connectivity index (χ1v) is 9.58. The maximum Gasteiger partial charge on any atom is 0.274 e. The normalized spacial score (nSPS) is 25.8. The van der Waals surface area contributed by atoms with E-state index in [1.54, 1.807) is 18.6 Å². The fourth-order valence-corrected chi connectivity index (χ4v) is 4.38. The van der Waals surface area contributed by atoms with Crippen molar-refractivity contribution in [2.24, 2.45) is 11.8 Å². The van der Waals surface area contributed by atoms with E-state index in [1.807, 2.05) is 4.90 Å². The van der Waals surface area contributed by atoms with E-state index in [0.29, 0.717) is 11.6 Å². The highest BCUT2D eigenvalue weighted by atomic mass is 16.5. The van der Waals surface area contributed by atoms with Crippen LogP contribution in [0.15, 0.2) is 18.6 Å². The number of hydrogen-bond donors (Lipinski definition) is 0. The van der Waals surface area contributed by atoms with Crippen molar-refractivity contribution in [2.75, 3.05) is 39.4 Å². The summed E-state index contributed by atoms with van der Waals surface area (Å²) in [6, 6.07) is 0. The molecule has 1 aromatic rings. The van der Waals surface area contributed by atoms with Gasteiger partial charge >= 0.3 is 0 Å². The molecule has 0 bridgehead atoms. The molecule has 4 rings (SSSR count). The average molecular weight is 344 g/mol. The SMILES string of the molecule is CCOCC1CCN(CC2CC2)C2(C1)CN(C(=O)c1cnccn1)C2. The number of rotatable bonds is 6. The molecule has 2 aliphatic heterocycles. The highest BCUT2D eigenvalue weighted by Gasteiger charge is 2.53. The molecule has 3 aliphatic rings. The van der Waals surface area contributed by atoms with Gasteiger partial charge in [0.1, 0.15) is 5.69 Å². The fraction of sp³-hybridized carbons (Fsp3) is 0.737. The van der Waals surface area contributed by atoms with Crippen molar-refractivity contribution < 1.29 is 9.53 Å². The van der Waals surface area contributed by atoms with Crippen molar-refractivity contribution in [3.05, 3.63) is 24.3 Å². The van der Waals surface area contributed by atoms with Crippen LogP contribution in [-0.2, 0) is 4.74 Å². The van der Waals surface area contributed by atoms with E-state index in [2.05, 4.69) is 21.8 Å². The van der Waals surface area contributed by atoms with E-state index in [0.717, 1.165) is 45.2 Å². The third-order valence-corrected chi connectivity index (χ3v) is 5.92.